The highest BCUT2D eigenvalue weighted by Gasteiger charge is 2.29. The van der Waals surface area contributed by atoms with Crippen LogP contribution in [-0.4, -0.2) is 57.7 Å². The molecule has 1 fully saturated rings. The van der Waals surface area contributed by atoms with Crippen LogP contribution in [0.2, 0.25) is 5.02 Å². The van der Waals surface area contributed by atoms with Crippen LogP contribution < -0.4 is 4.74 Å². The third-order valence-corrected chi connectivity index (χ3v) is 6.67. The maximum atomic E-state index is 12.9. The van der Waals surface area contributed by atoms with Crippen LogP contribution in [0.25, 0.3) is 0 Å². The monoisotopic (exact) mass is 439 g/mol. The van der Waals surface area contributed by atoms with Gasteiger partial charge in [0, 0.05) is 13.1 Å². The van der Waals surface area contributed by atoms with Gasteiger partial charge in [0.15, 0.2) is 0 Å². The SMILES string of the molecule is CC(COc1ccccc1)OC(=O)c1ccc(Cl)c(S(=O)(=O)N2CCOCC2)c1. The summed E-state index contributed by atoms with van der Waals surface area (Å²) in [7, 11) is -3.83. The summed E-state index contributed by atoms with van der Waals surface area (Å²) in [5, 5.41) is 0.0495. The van der Waals surface area contributed by atoms with Gasteiger partial charge in [0.2, 0.25) is 10.0 Å². The summed E-state index contributed by atoms with van der Waals surface area (Å²) in [6.45, 7) is 2.97. The standard InChI is InChI=1S/C20H22ClNO6S/c1-15(14-27-17-5-3-2-4-6-17)28-20(23)16-7-8-18(21)19(13-16)29(24,25)22-9-11-26-12-10-22/h2-8,13,15H,9-12,14H2,1H3. The zero-order chi connectivity index (χ0) is 20.9. The van der Waals surface area contributed by atoms with Gasteiger partial charge in [-0.25, -0.2) is 13.2 Å². The molecule has 0 spiro atoms. The second-order valence-corrected chi connectivity index (χ2v) is 8.82. The molecule has 156 valence electrons. The van der Waals surface area contributed by atoms with E-state index in [1.807, 2.05) is 18.2 Å². The Morgan fingerprint density at radius 3 is 2.55 bits per heavy atom. The second kappa shape index (κ2) is 9.58. The van der Waals surface area contributed by atoms with Crippen molar-refractivity contribution < 1.29 is 27.4 Å². The van der Waals surface area contributed by atoms with Crippen molar-refractivity contribution >= 4 is 27.6 Å². The molecule has 0 radical (unpaired) electrons. The van der Waals surface area contributed by atoms with Crippen molar-refractivity contribution in [2.45, 2.75) is 17.9 Å². The van der Waals surface area contributed by atoms with Gasteiger partial charge in [-0.2, -0.15) is 4.31 Å². The van der Waals surface area contributed by atoms with Crippen LogP contribution in [0.4, 0.5) is 0 Å². The Morgan fingerprint density at radius 2 is 1.86 bits per heavy atom. The first-order valence-electron chi connectivity index (χ1n) is 9.14. The Kier molecular flexibility index (Phi) is 7.13. The maximum absolute atomic E-state index is 12.9. The largest absolute Gasteiger partial charge is 0.490 e. The number of para-hydroxylation sites is 1. The van der Waals surface area contributed by atoms with E-state index < -0.39 is 22.1 Å². The zero-order valence-electron chi connectivity index (χ0n) is 15.9. The fraction of sp³-hybridized carbons (Fsp3) is 0.350. The molecule has 0 bridgehead atoms. The lowest BCUT2D eigenvalue weighted by atomic mass is 10.2. The van der Waals surface area contributed by atoms with Crippen molar-refractivity contribution in [3.8, 4) is 5.75 Å². The predicted octanol–water partition coefficient (Wildman–Crippen LogP) is 2.99. The van der Waals surface area contributed by atoms with Gasteiger partial charge in [0.1, 0.15) is 23.4 Å². The number of halogens is 1. The van der Waals surface area contributed by atoms with Gasteiger partial charge in [-0.3, -0.25) is 0 Å². The van der Waals surface area contributed by atoms with Crippen molar-refractivity contribution in [2.75, 3.05) is 32.9 Å². The summed E-state index contributed by atoms with van der Waals surface area (Å²) in [5.74, 6) is 0.0186. The first-order chi connectivity index (χ1) is 13.9. The van der Waals surface area contributed by atoms with Crippen LogP contribution in [0.1, 0.15) is 17.3 Å². The van der Waals surface area contributed by atoms with Crippen LogP contribution in [0.5, 0.6) is 5.75 Å². The molecule has 0 aliphatic carbocycles. The minimum absolute atomic E-state index is 0.0495. The molecule has 9 heteroatoms. The number of esters is 1. The molecule has 1 aliphatic rings. The van der Waals surface area contributed by atoms with E-state index >= 15 is 0 Å². The van der Waals surface area contributed by atoms with E-state index in [-0.39, 0.29) is 35.2 Å². The molecule has 1 saturated heterocycles. The van der Waals surface area contributed by atoms with E-state index in [2.05, 4.69) is 0 Å². The predicted molar refractivity (Wildman–Crippen MR) is 108 cm³/mol. The summed E-state index contributed by atoms with van der Waals surface area (Å²) in [4.78, 5) is 12.4. The van der Waals surface area contributed by atoms with Gasteiger partial charge in [-0.1, -0.05) is 29.8 Å². The van der Waals surface area contributed by atoms with Crippen molar-refractivity contribution in [2.24, 2.45) is 0 Å². The Balaban J connectivity index is 1.68. The lowest BCUT2D eigenvalue weighted by molar-refractivity contribution is 0.0228. The molecular formula is C20H22ClNO6S. The summed E-state index contributed by atoms with van der Waals surface area (Å²) in [5.41, 5.74) is 0.104. The van der Waals surface area contributed by atoms with Crippen molar-refractivity contribution in [1.29, 1.82) is 0 Å². The Bertz CT molecular complexity index is 945. The van der Waals surface area contributed by atoms with E-state index in [9.17, 15) is 13.2 Å². The minimum Gasteiger partial charge on any atom is -0.490 e. The number of carbonyl (C=O) groups is 1. The number of hydrogen-bond donors (Lipinski definition) is 0. The molecule has 1 heterocycles. The number of sulfonamides is 1. The van der Waals surface area contributed by atoms with Crippen molar-refractivity contribution in [3.05, 3.63) is 59.1 Å². The van der Waals surface area contributed by atoms with Gasteiger partial charge in [0.05, 0.1) is 23.8 Å². The molecule has 3 rings (SSSR count). The number of benzene rings is 2. The molecule has 1 unspecified atom stereocenters. The van der Waals surface area contributed by atoms with Gasteiger partial charge >= 0.3 is 5.97 Å². The lowest BCUT2D eigenvalue weighted by Gasteiger charge is -2.26. The smallest absolute Gasteiger partial charge is 0.338 e. The molecule has 1 aliphatic heterocycles. The quantitative estimate of drug-likeness (QED) is 0.617. The number of nitrogens with zero attached hydrogens (tertiary/aromatic N) is 1. The minimum atomic E-state index is -3.83. The van der Waals surface area contributed by atoms with Crippen LogP contribution in [-0.2, 0) is 19.5 Å². The molecule has 0 saturated carbocycles. The summed E-state index contributed by atoms with van der Waals surface area (Å²) in [6, 6.07) is 13.2. The van der Waals surface area contributed by atoms with E-state index in [4.69, 9.17) is 25.8 Å². The third kappa shape index (κ3) is 5.48. The van der Waals surface area contributed by atoms with E-state index in [0.29, 0.717) is 19.0 Å². The van der Waals surface area contributed by atoms with Gasteiger partial charge in [0.25, 0.3) is 0 Å². The highest BCUT2D eigenvalue weighted by Crippen LogP contribution is 2.27. The summed E-state index contributed by atoms with van der Waals surface area (Å²) >= 11 is 6.12. The van der Waals surface area contributed by atoms with Crippen molar-refractivity contribution in [1.82, 2.24) is 4.31 Å². The molecule has 7 nitrogen and oxygen atoms in total. The Morgan fingerprint density at radius 1 is 1.17 bits per heavy atom. The van der Waals surface area contributed by atoms with Crippen molar-refractivity contribution in [3.63, 3.8) is 0 Å². The highest BCUT2D eigenvalue weighted by molar-refractivity contribution is 7.89. The molecule has 2 aromatic carbocycles. The van der Waals surface area contributed by atoms with E-state index in [0.717, 1.165) is 0 Å². The normalized spacial score (nSPS) is 16.2. The lowest BCUT2D eigenvalue weighted by Crippen LogP contribution is -2.40. The number of carbonyl (C=O) groups excluding carboxylic acids is 1. The topological polar surface area (TPSA) is 82.1 Å². The fourth-order valence-electron chi connectivity index (χ4n) is 2.77. The Labute approximate surface area is 175 Å². The molecule has 0 N–H and O–H groups in total. The number of hydrogen-bond acceptors (Lipinski definition) is 6. The van der Waals surface area contributed by atoms with Gasteiger partial charge in [-0.05, 0) is 37.3 Å². The molecule has 0 aromatic heterocycles. The molecule has 29 heavy (non-hydrogen) atoms. The average molecular weight is 440 g/mol. The van der Waals surface area contributed by atoms with E-state index in [1.54, 1.807) is 19.1 Å². The number of morpholine rings is 1. The van der Waals surface area contributed by atoms with Gasteiger partial charge < -0.3 is 14.2 Å². The van der Waals surface area contributed by atoms with Crippen LogP contribution in [0, 0.1) is 0 Å². The number of rotatable bonds is 7. The summed E-state index contributed by atoms with van der Waals surface area (Å²) in [6.07, 6.45) is -0.530. The first kappa shape index (κ1) is 21.6. The van der Waals surface area contributed by atoms with Crippen LogP contribution in [0.3, 0.4) is 0 Å². The second-order valence-electron chi connectivity index (χ2n) is 6.50. The van der Waals surface area contributed by atoms with Crippen LogP contribution >= 0.6 is 11.6 Å². The van der Waals surface area contributed by atoms with E-state index in [1.165, 1.54) is 22.5 Å². The summed E-state index contributed by atoms with van der Waals surface area (Å²) < 4.78 is 43.2. The fourth-order valence-corrected chi connectivity index (χ4v) is 4.68. The van der Waals surface area contributed by atoms with Crippen LogP contribution in [0.15, 0.2) is 53.4 Å². The zero-order valence-corrected chi connectivity index (χ0v) is 17.5. The highest BCUT2D eigenvalue weighted by atomic mass is 35.5. The Hall–Kier alpha value is -2.13. The molecule has 0 amide bonds. The molecular weight excluding hydrogens is 418 g/mol. The first-order valence-corrected chi connectivity index (χ1v) is 11.0. The average Bonchev–Trinajstić information content (AvgIpc) is 2.73. The third-order valence-electron chi connectivity index (χ3n) is 4.29. The number of ether oxygens (including phenoxy) is 3. The maximum Gasteiger partial charge on any atom is 0.338 e. The molecule has 2 aromatic rings. The molecule has 1 atom stereocenters. The van der Waals surface area contributed by atoms with Gasteiger partial charge in [-0.15, -0.1) is 0 Å².